The molecule has 1 unspecified atom stereocenters. The van der Waals surface area contributed by atoms with E-state index in [2.05, 4.69) is 27.4 Å². The first-order valence-corrected chi connectivity index (χ1v) is 11.0. The molecular formula is C16H35N5O3S. The standard InChI is InChI=1S/C16H35N5O3S/c1-5-17-16(18-8-7-9-21(6-2)25(4,22)23)19-14-15(3)20-10-12-24-13-11-20/h15H,5-14H2,1-4H3,(H2,17,18,19). The maximum Gasteiger partial charge on any atom is 0.211 e. The first-order valence-electron chi connectivity index (χ1n) is 9.17. The summed E-state index contributed by atoms with van der Waals surface area (Å²) in [6, 6.07) is 0.375. The monoisotopic (exact) mass is 377 g/mol. The lowest BCUT2D eigenvalue weighted by Gasteiger charge is -2.31. The predicted molar refractivity (Wildman–Crippen MR) is 103 cm³/mol. The van der Waals surface area contributed by atoms with Crippen molar-refractivity contribution in [2.45, 2.75) is 33.2 Å². The van der Waals surface area contributed by atoms with Gasteiger partial charge >= 0.3 is 0 Å². The lowest BCUT2D eigenvalue weighted by molar-refractivity contribution is 0.0220. The minimum atomic E-state index is -3.12. The van der Waals surface area contributed by atoms with Crippen LogP contribution >= 0.6 is 0 Å². The molecule has 1 rings (SSSR count). The third-order valence-corrected chi connectivity index (χ3v) is 5.60. The Bertz CT molecular complexity index is 492. The number of rotatable bonds is 10. The highest BCUT2D eigenvalue weighted by atomic mass is 32.2. The number of ether oxygens (including phenoxy) is 1. The Kier molecular flexibility index (Phi) is 10.3. The number of hydrogen-bond donors (Lipinski definition) is 2. The van der Waals surface area contributed by atoms with Crippen LogP contribution in [0.25, 0.3) is 0 Å². The zero-order valence-corrected chi connectivity index (χ0v) is 16.9. The van der Waals surface area contributed by atoms with Gasteiger partial charge in [-0.15, -0.1) is 0 Å². The predicted octanol–water partition coefficient (Wildman–Crippen LogP) is -0.0662. The van der Waals surface area contributed by atoms with Crippen molar-refractivity contribution >= 4 is 16.0 Å². The molecule has 0 spiro atoms. The van der Waals surface area contributed by atoms with Gasteiger partial charge in [-0.05, 0) is 20.3 Å². The SMILES string of the molecule is CCNC(=NCC(C)N1CCOCC1)NCCCN(CC)S(C)(=O)=O. The summed E-state index contributed by atoms with van der Waals surface area (Å²) in [5, 5.41) is 6.52. The summed E-state index contributed by atoms with van der Waals surface area (Å²) < 4.78 is 30.0. The number of guanidine groups is 1. The second kappa shape index (κ2) is 11.7. The summed E-state index contributed by atoms with van der Waals surface area (Å²) in [7, 11) is -3.12. The van der Waals surface area contributed by atoms with Gasteiger partial charge < -0.3 is 15.4 Å². The topological polar surface area (TPSA) is 86.3 Å². The number of nitrogens with zero attached hydrogens (tertiary/aromatic N) is 3. The van der Waals surface area contributed by atoms with Gasteiger partial charge in [-0.1, -0.05) is 6.92 Å². The van der Waals surface area contributed by atoms with Gasteiger partial charge in [0, 0.05) is 45.3 Å². The molecule has 1 fully saturated rings. The zero-order valence-electron chi connectivity index (χ0n) is 16.1. The van der Waals surface area contributed by atoms with E-state index in [1.807, 2.05) is 13.8 Å². The molecule has 1 saturated heterocycles. The van der Waals surface area contributed by atoms with Gasteiger partial charge in [-0.2, -0.15) is 0 Å². The molecule has 1 atom stereocenters. The molecule has 1 aliphatic heterocycles. The Morgan fingerprint density at radius 3 is 2.52 bits per heavy atom. The van der Waals surface area contributed by atoms with Gasteiger partial charge in [0.2, 0.25) is 10.0 Å². The molecule has 1 heterocycles. The third kappa shape index (κ3) is 8.84. The van der Waals surface area contributed by atoms with E-state index in [-0.39, 0.29) is 0 Å². The molecule has 0 saturated carbocycles. The highest BCUT2D eigenvalue weighted by molar-refractivity contribution is 7.88. The van der Waals surface area contributed by atoms with Crippen LogP contribution in [-0.4, -0.2) is 94.9 Å². The van der Waals surface area contributed by atoms with Crippen LogP contribution in [0.2, 0.25) is 0 Å². The minimum Gasteiger partial charge on any atom is -0.379 e. The van der Waals surface area contributed by atoms with Gasteiger partial charge in [-0.25, -0.2) is 12.7 Å². The number of nitrogens with one attached hydrogen (secondary N) is 2. The Hall–Kier alpha value is -0.900. The molecule has 0 bridgehead atoms. The smallest absolute Gasteiger partial charge is 0.211 e. The molecular weight excluding hydrogens is 342 g/mol. The van der Waals surface area contributed by atoms with Crippen molar-refractivity contribution in [3.05, 3.63) is 0 Å². The fraction of sp³-hybridized carbons (Fsp3) is 0.938. The van der Waals surface area contributed by atoms with Crippen LogP contribution in [0.4, 0.5) is 0 Å². The van der Waals surface area contributed by atoms with Crippen molar-refractivity contribution < 1.29 is 13.2 Å². The number of aliphatic imine (C=N–C) groups is 1. The lowest BCUT2D eigenvalue weighted by Crippen LogP contribution is -2.44. The van der Waals surface area contributed by atoms with Crippen LogP contribution in [0, 0.1) is 0 Å². The van der Waals surface area contributed by atoms with Gasteiger partial charge in [0.05, 0.1) is 26.0 Å². The van der Waals surface area contributed by atoms with Crippen LogP contribution in [0.1, 0.15) is 27.2 Å². The van der Waals surface area contributed by atoms with Crippen molar-refractivity contribution in [3.8, 4) is 0 Å². The van der Waals surface area contributed by atoms with E-state index in [1.165, 1.54) is 10.6 Å². The average Bonchev–Trinajstić information content (AvgIpc) is 2.58. The lowest BCUT2D eigenvalue weighted by atomic mass is 10.2. The maximum absolute atomic E-state index is 11.6. The third-order valence-electron chi connectivity index (χ3n) is 4.23. The molecule has 0 aromatic carbocycles. The minimum absolute atomic E-state index is 0.375. The van der Waals surface area contributed by atoms with Crippen LogP contribution in [0.15, 0.2) is 4.99 Å². The second-order valence-corrected chi connectivity index (χ2v) is 8.23. The van der Waals surface area contributed by atoms with Gasteiger partial charge in [0.25, 0.3) is 0 Å². The second-order valence-electron chi connectivity index (χ2n) is 6.25. The zero-order chi connectivity index (χ0) is 18.7. The van der Waals surface area contributed by atoms with Crippen LogP contribution in [0.5, 0.6) is 0 Å². The van der Waals surface area contributed by atoms with Crippen LogP contribution in [-0.2, 0) is 14.8 Å². The van der Waals surface area contributed by atoms with Gasteiger partial charge in [0.1, 0.15) is 0 Å². The van der Waals surface area contributed by atoms with E-state index in [4.69, 9.17) is 4.74 Å². The molecule has 1 aliphatic rings. The van der Waals surface area contributed by atoms with Crippen molar-refractivity contribution in [2.24, 2.45) is 4.99 Å². The van der Waals surface area contributed by atoms with E-state index < -0.39 is 10.0 Å². The quantitative estimate of drug-likeness (QED) is 0.315. The molecule has 0 aromatic rings. The summed E-state index contributed by atoms with van der Waals surface area (Å²) in [6.45, 7) is 12.8. The maximum atomic E-state index is 11.6. The van der Waals surface area contributed by atoms with E-state index >= 15 is 0 Å². The molecule has 9 heteroatoms. The summed E-state index contributed by atoms with van der Waals surface area (Å²) in [6.07, 6.45) is 1.99. The Balaban J connectivity index is 2.39. The largest absolute Gasteiger partial charge is 0.379 e. The molecule has 0 radical (unpaired) electrons. The summed E-state index contributed by atoms with van der Waals surface area (Å²) in [4.78, 5) is 7.04. The van der Waals surface area contributed by atoms with Crippen LogP contribution in [0.3, 0.4) is 0 Å². The number of morpholine rings is 1. The number of hydrogen-bond acceptors (Lipinski definition) is 5. The van der Waals surface area contributed by atoms with Crippen molar-refractivity contribution in [1.29, 1.82) is 0 Å². The fourth-order valence-corrected chi connectivity index (χ4v) is 3.65. The summed E-state index contributed by atoms with van der Waals surface area (Å²) >= 11 is 0. The van der Waals surface area contributed by atoms with Gasteiger partial charge in [-0.3, -0.25) is 9.89 Å². The highest BCUT2D eigenvalue weighted by Gasteiger charge is 2.17. The molecule has 2 N–H and O–H groups in total. The fourth-order valence-electron chi connectivity index (χ4n) is 2.72. The first kappa shape index (κ1) is 22.1. The van der Waals surface area contributed by atoms with Crippen molar-refractivity contribution in [2.75, 3.05) is 65.3 Å². The Labute approximate surface area is 153 Å². The molecule has 8 nitrogen and oxygen atoms in total. The molecule has 25 heavy (non-hydrogen) atoms. The molecule has 148 valence electrons. The van der Waals surface area contributed by atoms with Crippen molar-refractivity contribution in [3.63, 3.8) is 0 Å². The molecule has 0 aromatic heterocycles. The highest BCUT2D eigenvalue weighted by Crippen LogP contribution is 2.03. The van der Waals surface area contributed by atoms with E-state index in [9.17, 15) is 8.42 Å². The first-order chi connectivity index (χ1) is 11.9. The van der Waals surface area contributed by atoms with Gasteiger partial charge in [0.15, 0.2) is 5.96 Å². The normalized spacial score (nSPS) is 18.4. The van der Waals surface area contributed by atoms with E-state index in [0.717, 1.165) is 51.8 Å². The van der Waals surface area contributed by atoms with E-state index in [1.54, 1.807) is 0 Å². The molecule has 0 aliphatic carbocycles. The van der Waals surface area contributed by atoms with Crippen LogP contribution < -0.4 is 10.6 Å². The van der Waals surface area contributed by atoms with Crippen molar-refractivity contribution in [1.82, 2.24) is 19.8 Å². The number of sulfonamides is 1. The summed E-state index contributed by atoms with van der Waals surface area (Å²) in [5.74, 6) is 0.782. The Morgan fingerprint density at radius 1 is 1.28 bits per heavy atom. The molecule has 0 amide bonds. The average molecular weight is 378 g/mol. The van der Waals surface area contributed by atoms with E-state index in [0.29, 0.717) is 25.7 Å². The summed E-state index contributed by atoms with van der Waals surface area (Å²) in [5.41, 5.74) is 0. The Morgan fingerprint density at radius 2 is 1.96 bits per heavy atom.